The van der Waals surface area contributed by atoms with Crippen LogP contribution in [0.2, 0.25) is 0 Å². The van der Waals surface area contributed by atoms with Crippen molar-refractivity contribution in [2.45, 2.75) is 13.1 Å². The van der Waals surface area contributed by atoms with Crippen LogP contribution >= 0.6 is 11.6 Å². The van der Waals surface area contributed by atoms with Crippen molar-refractivity contribution in [1.29, 1.82) is 0 Å². The van der Waals surface area contributed by atoms with Gasteiger partial charge >= 0.3 is 12.1 Å². The molecule has 0 saturated carbocycles. The Bertz CT molecular complexity index is 472. The lowest BCUT2D eigenvalue weighted by molar-refractivity contribution is -0.137. The zero-order valence-electron chi connectivity index (χ0n) is 9.79. The molecule has 0 aliphatic carbocycles. The number of benzene rings is 1. The summed E-state index contributed by atoms with van der Waals surface area (Å²) in [5.74, 6) is -0.816. The fourth-order valence-electron chi connectivity index (χ4n) is 1.08. The third-order valence-electron chi connectivity index (χ3n) is 1.94. The number of hydrazone groups is 1. The van der Waals surface area contributed by atoms with Crippen LogP contribution in [0.5, 0.6) is 0 Å². The lowest BCUT2D eigenvalue weighted by atomic mass is 10.2. The van der Waals surface area contributed by atoms with Crippen LogP contribution in [0.1, 0.15) is 12.5 Å². The van der Waals surface area contributed by atoms with E-state index in [9.17, 15) is 18.0 Å². The van der Waals surface area contributed by atoms with Gasteiger partial charge in [-0.1, -0.05) is 11.6 Å². The topological polar surface area (TPSA) is 50.7 Å². The van der Waals surface area contributed by atoms with Gasteiger partial charge in [-0.3, -0.25) is 5.43 Å². The largest absolute Gasteiger partial charge is 0.461 e. The Morgan fingerprint density at radius 3 is 2.42 bits per heavy atom. The molecule has 0 amide bonds. The molecule has 0 saturated heterocycles. The van der Waals surface area contributed by atoms with Crippen molar-refractivity contribution >= 4 is 28.4 Å². The molecule has 1 N–H and O–H groups in total. The van der Waals surface area contributed by atoms with Gasteiger partial charge in [-0.15, -0.1) is 0 Å². The predicted octanol–water partition coefficient (Wildman–Crippen LogP) is 3.23. The van der Waals surface area contributed by atoms with Gasteiger partial charge < -0.3 is 4.74 Å². The Morgan fingerprint density at radius 1 is 1.37 bits per heavy atom. The van der Waals surface area contributed by atoms with Crippen LogP contribution < -0.4 is 5.43 Å². The van der Waals surface area contributed by atoms with Crippen molar-refractivity contribution in [3.8, 4) is 0 Å². The second-order valence-electron chi connectivity index (χ2n) is 3.31. The minimum absolute atomic E-state index is 0.144. The molecule has 8 heteroatoms. The summed E-state index contributed by atoms with van der Waals surface area (Å²) in [6, 6.07) is 4.11. The molecular weight excluding hydrogens is 285 g/mol. The maximum Gasteiger partial charge on any atom is 0.416 e. The Labute approximate surface area is 112 Å². The molecule has 0 aliphatic heterocycles. The maximum atomic E-state index is 12.3. The van der Waals surface area contributed by atoms with Crippen LogP contribution in [0, 0.1) is 0 Å². The van der Waals surface area contributed by atoms with E-state index in [-0.39, 0.29) is 12.3 Å². The number of hydrogen-bond donors (Lipinski definition) is 1. The van der Waals surface area contributed by atoms with Crippen molar-refractivity contribution in [2.24, 2.45) is 5.10 Å². The molecule has 0 aliphatic rings. The van der Waals surface area contributed by atoms with Gasteiger partial charge in [0.05, 0.1) is 17.9 Å². The summed E-state index contributed by atoms with van der Waals surface area (Å²) in [6.45, 7) is 1.75. The highest BCUT2D eigenvalue weighted by atomic mass is 35.5. The van der Waals surface area contributed by atoms with Crippen LogP contribution in [0.3, 0.4) is 0 Å². The third-order valence-corrected chi connectivity index (χ3v) is 2.18. The van der Waals surface area contributed by atoms with Gasteiger partial charge in [-0.05, 0) is 31.2 Å². The van der Waals surface area contributed by atoms with Crippen molar-refractivity contribution in [3.63, 3.8) is 0 Å². The zero-order chi connectivity index (χ0) is 14.5. The maximum absolute atomic E-state index is 12.3. The Hall–Kier alpha value is -1.76. The molecule has 1 aromatic carbocycles. The number of nitrogens with zero attached hydrogens (tertiary/aromatic N) is 1. The van der Waals surface area contributed by atoms with Gasteiger partial charge in [0.2, 0.25) is 5.17 Å². The first-order chi connectivity index (χ1) is 8.84. The van der Waals surface area contributed by atoms with E-state index in [1.165, 1.54) is 12.1 Å². The highest BCUT2D eigenvalue weighted by Gasteiger charge is 2.29. The molecule has 0 unspecified atom stereocenters. The summed E-state index contributed by atoms with van der Waals surface area (Å²) in [5, 5.41) is 3.04. The summed E-state index contributed by atoms with van der Waals surface area (Å²) in [5.41, 5.74) is 1.83. The second-order valence-corrected chi connectivity index (χ2v) is 3.67. The lowest BCUT2D eigenvalue weighted by Gasteiger charge is -2.07. The van der Waals surface area contributed by atoms with Gasteiger partial charge in [-0.2, -0.15) is 18.3 Å². The SMILES string of the molecule is CCOC(=O)C(Cl)=NNc1ccc(C(F)(F)F)cc1. The van der Waals surface area contributed by atoms with Crippen molar-refractivity contribution in [3.05, 3.63) is 29.8 Å². The highest BCUT2D eigenvalue weighted by molar-refractivity contribution is 6.82. The number of hydrogen-bond acceptors (Lipinski definition) is 4. The fourth-order valence-corrected chi connectivity index (χ4v) is 1.18. The molecule has 0 aromatic heterocycles. The van der Waals surface area contributed by atoms with Gasteiger partial charge in [0.15, 0.2) is 0 Å². The number of ether oxygens (including phenoxy) is 1. The number of esters is 1. The first-order valence-corrected chi connectivity index (χ1v) is 5.56. The van der Waals surface area contributed by atoms with Crippen molar-refractivity contribution in [2.75, 3.05) is 12.0 Å². The molecule has 0 fully saturated rings. The van der Waals surface area contributed by atoms with E-state index in [1.807, 2.05) is 0 Å². The summed E-state index contributed by atoms with van der Waals surface area (Å²) >= 11 is 5.50. The van der Waals surface area contributed by atoms with Crippen LogP contribution in [0.15, 0.2) is 29.4 Å². The van der Waals surface area contributed by atoms with Gasteiger partial charge in [0, 0.05) is 0 Å². The van der Waals surface area contributed by atoms with Crippen molar-refractivity contribution in [1.82, 2.24) is 0 Å². The Morgan fingerprint density at radius 2 is 1.95 bits per heavy atom. The quantitative estimate of drug-likeness (QED) is 0.527. The summed E-state index contributed by atoms with van der Waals surface area (Å²) in [7, 11) is 0. The number of halogens is 4. The number of alkyl halides is 3. The number of carbonyl (C=O) groups excluding carboxylic acids is 1. The summed E-state index contributed by atoms with van der Waals surface area (Å²) < 4.78 is 41.4. The number of rotatable bonds is 4. The Kier molecular flexibility index (Phi) is 5.17. The zero-order valence-corrected chi connectivity index (χ0v) is 10.5. The monoisotopic (exact) mass is 294 g/mol. The molecule has 0 heterocycles. The molecule has 0 atom stereocenters. The van der Waals surface area contributed by atoms with E-state index in [0.29, 0.717) is 0 Å². The average Bonchev–Trinajstić information content (AvgIpc) is 2.35. The Balaban J connectivity index is 2.69. The second kappa shape index (κ2) is 6.42. The van der Waals surface area contributed by atoms with Crippen LogP contribution in [0.25, 0.3) is 0 Å². The molecule has 104 valence electrons. The number of anilines is 1. The minimum Gasteiger partial charge on any atom is -0.461 e. The van der Waals surface area contributed by atoms with E-state index in [0.717, 1.165) is 12.1 Å². The van der Waals surface area contributed by atoms with Crippen LogP contribution in [0.4, 0.5) is 18.9 Å². The minimum atomic E-state index is -4.40. The van der Waals surface area contributed by atoms with Gasteiger partial charge in [-0.25, -0.2) is 4.79 Å². The van der Waals surface area contributed by atoms with E-state index in [2.05, 4.69) is 15.3 Å². The fraction of sp³-hybridized carbons (Fsp3) is 0.273. The first-order valence-electron chi connectivity index (χ1n) is 5.18. The molecule has 0 bridgehead atoms. The highest BCUT2D eigenvalue weighted by Crippen LogP contribution is 2.29. The smallest absolute Gasteiger partial charge is 0.416 e. The van der Waals surface area contributed by atoms with Gasteiger partial charge in [0.25, 0.3) is 0 Å². The van der Waals surface area contributed by atoms with Gasteiger partial charge in [0.1, 0.15) is 0 Å². The van der Waals surface area contributed by atoms with E-state index in [4.69, 9.17) is 11.6 Å². The molecule has 4 nitrogen and oxygen atoms in total. The average molecular weight is 295 g/mol. The molecular formula is C11H10ClF3N2O2. The standard InChI is InChI=1S/C11H10ClF3N2O2/c1-2-19-10(18)9(12)17-16-8-5-3-7(4-6-8)11(13,14)15/h3-6,16H,2H2,1H3. The molecule has 1 aromatic rings. The normalized spacial score (nSPS) is 12.2. The summed E-state index contributed by atoms with van der Waals surface area (Å²) in [4.78, 5) is 11.1. The van der Waals surface area contributed by atoms with E-state index < -0.39 is 22.9 Å². The van der Waals surface area contributed by atoms with E-state index >= 15 is 0 Å². The molecule has 0 spiro atoms. The lowest BCUT2D eigenvalue weighted by Crippen LogP contribution is -2.13. The molecule has 19 heavy (non-hydrogen) atoms. The summed E-state index contributed by atoms with van der Waals surface area (Å²) in [6.07, 6.45) is -4.40. The molecule has 0 radical (unpaired) electrons. The third kappa shape index (κ3) is 4.78. The van der Waals surface area contributed by atoms with Crippen LogP contribution in [-0.4, -0.2) is 17.7 Å². The number of nitrogens with one attached hydrogen (secondary N) is 1. The van der Waals surface area contributed by atoms with Crippen molar-refractivity contribution < 1.29 is 22.7 Å². The van der Waals surface area contributed by atoms with E-state index in [1.54, 1.807) is 6.92 Å². The first kappa shape index (κ1) is 15.3. The number of carbonyl (C=O) groups is 1. The molecule has 1 rings (SSSR count). The predicted molar refractivity (Wildman–Crippen MR) is 65.0 cm³/mol. The van der Waals surface area contributed by atoms with Crippen LogP contribution in [-0.2, 0) is 15.7 Å².